The standard InChI is InChI=1S/C16H16FN3O3/c1-10(18)20(16(19)21)11-3-5-12(6-4-11)23-13-7-8-14(17)15(9-13)22-2/h3-9,18H,1-2H3,(H2,19,21). The van der Waals surface area contributed by atoms with Gasteiger partial charge in [0.25, 0.3) is 0 Å². The number of methoxy groups -OCH3 is 1. The Labute approximate surface area is 132 Å². The first-order chi connectivity index (χ1) is 10.9. The Balaban J connectivity index is 2.20. The number of amides is 2. The van der Waals surface area contributed by atoms with Gasteiger partial charge in [-0.1, -0.05) is 0 Å². The number of nitrogens with two attached hydrogens (primary N) is 1. The van der Waals surface area contributed by atoms with Crippen molar-refractivity contribution in [2.45, 2.75) is 6.92 Å². The molecule has 0 fully saturated rings. The van der Waals surface area contributed by atoms with Gasteiger partial charge in [0.2, 0.25) is 0 Å². The molecule has 0 bridgehead atoms. The minimum Gasteiger partial charge on any atom is -0.494 e. The Kier molecular flexibility index (Phi) is 4.80. The van der Waals surface area contributed by atoms with Gasteiger partial charge in [-0.25, -0.2) is 9.18 Å². The number of amidine groups is 1. The van der Waals surface area contributed by atoms with Gasteiger partial charge in [-0.15, -0.1) is 0 Å². The first kappa shape index (κ1) is 16.3. The van der Waals surface area contributed by atoms with Crippen LogP contribution in [0.1, 0.15) is 6.92 Å². The van der Waals surface area contributed by atoms with Crippen LogP contribution in [0.15, 0.2) is 42.5 Å². The van der Waals surface area contributed by atoms with E-state index in [9.17, 15) is 9.18 Å². The highest BCUT2D eigenvalue weighted by Gasteiger charge is 2.14. The number of rotatable bonds is 4. The molecule has 0 atom stereocenters. The summed E-state index contributed by atoms with van der Waals surface area (Å²) in [5.41, 5.74) is 5.70. The third kappa shape index (κ3) is 3.76. The van der Waals surface area contributed by atoms with Gasteiger partial charge in [-0.3, -0.25) is 10.3 Å². The molecule has 120 valence electrons. The number of nitrogens with zero attached hydrogens (tertiary/aromatic N) is 1. The Morgan fingerprint density at radius 1 is 1.17 bits per heavy atom. The summed E-state index contributed by atoms with van der Waals surface area (Å²) in [6.45, 7) is 1.46. The lowest BCUT2D eigenvalue weighted by Gasteiger charge is -2.19. The van der Waals surface area contributed by atoms with Crippen LogP contribution in [0.4, 0.5) is 14.9 Å². The smallest absolute Gasteiger partial charge is 0.324 e. The summed E-state index contributed by atoms with van der Waals surface area (Å²) < 4.78 is 23.8. The van der Waals surface area contributed by atoms with E-state index >= 15 is 0 Å². The molecule has 2 rings (SSSR count). The van der Waals surface area contributed by atoms with Crippen molar-refractivity contribution in [1.29, 1.82) is 5.41 Å². The molecule has 0 unspecified atom stereocenters. The highest BCUT2D eigenvalue weighted by molar-refractivity contribution is 6.13. The van der Waals surface area contributed by atoms with Crippen LogP contribution >= 0.6 is 0 Å². The number of ether oxygens (including phenoxy) is 2. The number of halogens is 1. The lowest BCUT2D eigenvalue weighted by atomic mass is 10.2. The van der Waals surface area contributed by atoms with E-state index in [2.05, 4.69) is 0 Å². The fourth-order valence-corrected chi connectivity index (χ4v) is 1.99. The lowest BCUT2D eigenvalue weighted by Crippen LogP contribution is -2.38. The van der Waals surface area contributed by atoms with Crippen LogP contribution in [0.5, 0.6) is 17.2 Å². The first-order valence-electron chi connectivity index (χ1n) is 6.68. The predicted octanol–water partition coefficient (Wildman–Crippen LogP) is 3.51. The van der Waals surface area contributed by atoms with Crippen molar-refractivity contribution in [3.05, 3.63) is 48.3 Å². The molecule has 2 amide bonds. The van der Waals surface area contributed by atoms with E-state index in [0.717, 1.165) is 4.90 Å². The number of primary amides is 1. The highest BCUT2D eigenvalue weighted by Crippen LogP contribution is 2.28. The third-order valence-electron chi connectivity index (χ3n) is 3.01. The van der Waals surface area contributed by atoms with Gasteiger partial charge in [0, 0.05) is 6.07 Å². The molecule has 0 spiro atoms. The molecule has 3 N–H and O–H groups in total. The zero-order chi connectivity index (χ0) is 17.0. The SMILES string of the molecule is COc1cc(Oc2ccc(N(C(C)=N)C(N)=O)cc2)ccc1F. The molecule has 0 radical (unpaired) electrons. The van der Waals surface area contributed by atoms with Crippen molar-refractivity contribution in [2.24, 2.45) is 5.73 Å². The average molecular weight is 317 g/mol. The second-order valence-corrected chi connectivity index (χ2v) is 4.65. The topological polar surface area (TPSA) is 88.6 Å². The van der Waals surface area contributed by atoms with Crippen molar-refractivity contribution < 1.29 is 18.7 Å². The number of nitrogens with one attached hydrogen (secondary N) is 1. The number of carbonyl (C=O) groups is 1. The summed E-state index contributed by atoms with van der Waals surface area (Å²) in [6.07, 6.45) is 0. The van der Waals surface area contributed by atoms with Gasteiger partial charge in [0.1, 0.15) is 17.3 Å². The van der Waals surface area contributed by atoms with Gasteiger partial charge in [0.05, 0.1) is 12.8 Å². The van der Waals surface area contributed by atoms with E-state index in [0.29, 0.717) is 17.2 Å². The zero-order valence-corrected chi connectivity index (χ0v) is 12.7. The van der Waals surface area contributed by atoms with E-state index in [4.69, 9.17) is 20.6 Å². The quantitative estimate of drug-likeness (QED) is 0.668. The van der Waals surface area contributed by atoms with Crippen LogP contribution in [0.3, 0.4) is 0 Å². The fourth-order valence-electron chi connectivity index (χ4n) is 1.99. The largest absolute Gasteiger partial charge is 0.494 e. The molecule has 0 saturated carbocycles. The molecule has 7 heteroatoms. The molecule has 23 heavy (non-hydrogen) atoms. The van der Waals surface area contributed by atoms with Gasteiger partial charge >= 0.3 is 6.03 Å². The molecule has 0 heterocycles. The van der Waals surface area contributed by atoms with Crippen molar-refractivity contribution >= 4 is 17.6 Å². The summed E-state index contributed by atoms with van der Waals surface area (Å²) in [5, 5.41) is 7.56. The number of hydrogen-bond donors (Lipinski definition) is 2. The van der Waals surface area contributed by atoms with Gasteiger partial charge in [-0.2, -0.15) is 0 Å². The number of benzene rings is 2. The molecule has 0 aliphatic heterocycles. The Morgan fingerprint density at radius 3 is 2.30 bits per heavy atom. The summed E-state index contributed by atoms with van der Waals surface area (Å²) in [5.74, 6) is 0.502. The predicted molar refractivity (Wildman–Crippen MR) is 84.9 cm³/mol. The van der Waals surface area contributed by atoms with E-state index in [1.807, 2.05) is 0 Å². The monoisotopic (exact) mass is 317 g/mol. The first-order valence-corrected chi connectivity index (χ1v) is 6.68. The number of carbonyl (C=O) groups excluding carboxylic acids is 1. The number of urea groups is 1. The second-order valence-electron chi connectivity index (χ2n) is 4.65. The average Bonchev–Trinajstić information content (AvgIpc) is 2.50. The van der Waals surface area contributed by atoms with Gasteiger partial charge in [0.15, 0.2) is 11.6 Å². The zero-order valence-electron chi connectivity index (χ0n) is 12.7. The molecular formula is C16H16FN3O3. The highest BCUT2D eigenvalue weighted by atomic mass is 19.1. The molecule has 0 aliphatic rings. The van der Waals surface area contributed by atoms with E-state index < -0.39 is 11.8 Å². The van der Waals surface area contributed by atoms with Crippen LogP contribution in [-0.4, -0.2) is 19.0 Å². The third-order valence-corrected chi connectivity index (χ3v) is 3.01. The molecule has 2 aromatic carbocycles. The molecule has 6 nitrogen and oxygen atoms in total. The molecular weight excluding hydrogens is 301 g/mol. The van der Waals surface area contributed by atoms with Crippen molar-refractivity contribution in [2.75, 3.05) is 12.0 Å². The van der Waals surface area contributed by atoms with Crippen LogP contribution in [0.2, 0.25) is 0 Å². The van der Waals surface area contributed by atoms with Crippen LogP contribution in [-0.2, 0) is 0 Å². The van der Waals surface area contributed by atoms with Crippen molar-refractivity contribution in [3.63, 3.8) is 0 Å². The van der Waals surface area contributed by atoms with Crippen LogP contribution < -0.4 is 20.1 Å². The van der Waals surface area contributed by atoms with Crippen molar-refractivity contribution in [1.82, 2.24) is 0 Å². The lowest BCUT2D eigenvalue weighted by molar-refractivity contribution is 0.256. The maximum atomic E-state index is 13.4. The summed E-state index contributed by atoms with van der Waals surface area (Å²) in [6, 6.07) is 9.83. The van der Waals surface area contributed by atoms with Crippen molar-refractivity contribution in [3.8, 4) is 17.2 Å². The maximum Gasteiger partial charge on any atom is 0.324 e. The van der Waals surface area contributed by atoms with E-state index in [1.54, 1.807) is 24.3 Å². The Morgan fingerprint density at radius 2 is 1.78 bits per heavy atom. The van der Waals surface area contributed by atoms with Crippen LogP contribution in [0, 0.1) is 11.2 Å². The van der Waals surface area contributed by atoms with E-state index in [-0.39, 0.29) is 11.6 Å². The summed E-state index contributed by atoms with van der Waals surface area (Å²) in [7, 11) is 1.37. The molecule has 0 saturated heterocycles. The maximum absolute atomic E-state index is 13.4. The van der Waals surface area contributed by atoms with Gasteiger partial charge < -0.3 is 15.2 Å². The summed E-state index contributed by atoms with van der Waals surface area (Å²) in [4.78, 5) is 12.4. The number of anilines is 1. The Bertz CT molecular complexity index is 718. The fraction of sp³-hybridized carbons (Fsp3) is 0.125. The Hall–Kier alpha value is -3.09. The molecule has 0 aromatic heterocycles. The molecule has 2 aromatic rings. The minimum absolute atomic E-state index is 0.00874. The van der Waals surface area contributed by atoms with Crippen LogP contribution in [0.25, 0.3) is 0 Å². The minimum atomic E-state index is -0.741. The van der Waals surface area contributed by atoms with Gasteiger partial charge in [-0.05, 0) is 43.3 Å². The molecule has 0 aliphatic carbocycles. The second kappa shape index (κ2) is 6.78. The number of hydrogen-bond acceptors (Lipinski definition) is 4. The normalized spacial score (nSPS) is 10.0. The van der Waals surface area contributed by atoms with E-state index in [1.165, 1.54) is 32.2 Å². The summed E-state index contributed by atoms with van der Waals surface area (Å²) >= 11 is 0.